The number of amides is 1. The fraction of sp³-hybridized carbons (Fsp3) is 0.278. The maximum atomic E-state index is 13.1. The summed E-state index contributed by atoms with van der Waals surface area (Å²) in [4.78, 5) is 12.3. The van der Waals surface area contributed by atoms with Crippen LogP contribution in [0.15, 0.2) is 36.4 Å². The minimum Gasteiger partial charge on any atom is -0.454 e. The lowest BCUT2D eigenvalue weighted by atomic mass is 9.92. The first-order valence-electron chi connectivity index (χ1n) is 7.91. The molecule has 5 nitrogen and oxygen atoms in total. The molecular weight excluding hydrogens is 385 g/mol. The average molecular weight is 403 g/mol. The molecule has 0 saturated heterocycles. The number of carbonyl (C=O) groups excluding carboxylic acids is 1. The van der Waals surface area contributed by atoms with Crippen LogP contribution in [0.5, 0.6) is 11.5 Å². The van der Waals surface area contributed by atoms with Gasteiger partial charge in [0, 0.05) is 18.6 Å². The zero-order valence-electron chi connectivity index (χ0n) is 14.3. The first-order valence-corrected chi connectivity index (χ1v) is 7.91. The van der Waals surface area contributed by atoms with Crippen molar-refractivity contribution in [2.45, 2.75) is 25.4 Å². The first kappa shape index (κ1) is 20.7. The van der Waals surface area contributed by atoms with Crippen LogP contribution in [0, 0.1) is 0 Å². The molecule has 0 saturated carbocycles. The van der Waals surface area contributed by atoms with Gasteiger partial charge in [-0.1, -0.05) is 25.1 Å². The number of nitrogen functional groups attached to an aromatic ring is 1. The summed E-state index contributed by atoms with van der Waals surface area (Å²) < 4.78 is 49.8. The third-order valence-electron chi connectivity index (χ3n) is 4.11. The van der Waals surface area contributed by atoms with Gasteiger partial charge < -0.3 is 20.5 Å². The first-order chi connectivity index (χ1) is 12.3. The minimum atomic E-state index is -4.47. The highest BCUT2D eigenvalue weighted by atomic mass is 35.5. The van der Waals surface area contributed by atoms with Gasteiger partial charge in [0.15, 0.2) is 11.5 Å². The van der Waals surface area contributed by atoms with E-state index < -0.39 is 23.6 Å². The van der Waals surface area contributed by atoms with Crippen molar-refractivity contribution in [3.63, 3.8) is 0 Å². The predicted octanol–water partition coefficient (Wildman–Crippen LogP) is 4.57. The molecule has 0 bridgehead atoms. The number of halogens is 4. The van der Waals surface area contributed by atoms with E-state index >= 15 is 0 Å². The van der Waals surface area contributed by atoms with Crippen LogP contribution in [0.2, 0.25) is 0 Å². The molecule has 1 amide bonds. The largest absolute Gasteiger partial charge is 0.454 e. The number of carbonyl (C=O) groups is 1. The molecule has 1 aliphatic heterocycles. The number of nitrogens with two attached hydrogens (primary N) is 1. The maximum absolute atomic E-state index is 13.1. The van der Waals surface area contributed by atoms with Gasteiger partial charge in [-0.25, -0.2) is 0 Å². The standard InChI is InChI=1S/C18H17F3N2O3.ClH/c1-10(11-4-2-3-5-12(11)18(19,20)21)6-17(24)23-14-8-16-15(7-13(14)22)25-9-26-16;/h2-5,7-8,10H,6,9,22H2,1H3,(H,23,24);1H. The van der Waals surface area contributed by atoms with Gasteiger partial charge in [0.25, 0.3) is 0 Å². The Morgan fingerprint density at radius 3 is 2.52 bits per heavy atom. The number of alkyl halides is 3. The highest BCUT2D eigenvalue weighted by Gasteiger charge is 2.34. The molecule has 2 aromatic carbocycles. The molecule has 27 heavy (non-hydrogen) atoms. The normalized spacial score (nSPS) is 13.6. The summed E-state index contributed by atoms with van der Waals surface area (Å²) in [6.07, 6.45) is -4.59. The Labute approximate surface area is 160 Å². The second-order valence-electron chi connectivity index (χ2n) is 6.03. The monoisotopic (exact) mass is 402 g/mol. The maximum Gasteiger partial charge on any atom is 0.416 e. The molecule has 0 fully saturated rings. The van der Waals surface area contributed by atoms with E-state index in [4.69, 9.17) is 15.2 Å². The molecular formula is C18H18ClF3N2O3. The van der Waals surface area contributed by atoms with E-state index in [0.29, 0.717) is 17.2 Å². The number of rotatable bonds is 4. The van der Waals surface area contributed by atoms with E-state index in [1.165, 1.54) is 30.3 Å². The zero-order chi connectivity index (χ0) is 18.9. The Kier molecular flexibility index (Phi) is 6.10. The summed E-state index contributed by atoms with van der Waals surface area (Å²) in [5.41, 5.74) is 5.82. The Hall–Kier alpha value is -2.61. The SMILES string of the molecule is CC(CC(=O)Nc1cc2c(cc1N)OCO2)c1ccccc1C(F)(F)F.Cl. The van der Waals surface area contributed by atoms with E-state index in [2.05, 4.69) is 5.32 Å². The van der Waals surface area contributed by atoms with Gasteiger partial charge in [-0.2, -0.15) is 13.2 Å². The van der Waals surface area contributed by atoms with E-state index in [1.54, 1.807) is 6.92 Å². The van der Waals surface area contributed by atoms with Gasteiger partial charge in [0.2, 0.25) is 12.7 Å². The molecule has 2 aromatic rings. The summed E-state index contributed by atoms with van der Waals surface area (Å²) >= 11 is 0. The highest BCUT2D eigenvalue weighted by molar-refractivity contribution is 5.95. The van der Waals surface area contributed by atoms with Crippen LogP contribution in [-0.2, 0) is 11.0 Å². The molecule has 1 aliphatic rings. The van der Waals surface area contributed by atoms with Crippen molar-refractivity contribution in [1.82, 2.24) is 0 Å². The van der Waals surface area contributed by atoms with Gasteiger partial charge in [0.05, 0.1) is 16.9 Å². The van der Waals surface area contributed by atoms with Crippen LogP contribution < -0.4 is 20.5 Å². The lowest BCUT2D eigenvalue weighted by molar-refractivity contribution is -0.138. The summed E-state index contributed by atoms with van der Waals surface area (Å²) in [7, 11) is 0. The number of hydrogen-bond donors (Lipinski definition) is 2. The molecule has 0 aromatic heterocycles. The molecule has 1 atom stereocenters. The second kappa shape index (κ2) is 7.96. The van der Waals surface area contributed by atoms with Crippen LogP contribution in [-0.4, -0.2) is 12.7 Å². The van der Waals surface area contributed by atoms with E-state index in [9.17, 15) is 18.0 Å². The van der Waals surface area contributed by atoms with Crippen LogP contribution in [0.3, 0.4) is 0 Å². The lowest BCUT2D eigenvalue weighted by Crippen LogP contribution is -2.17. The van der Waals surface area contributed by atoms with Gasteiger partial charge in [-0.05, 0) is 17.5 Å². The Bertz CT molecular complexity index is 843. The average Bonchev–Trinajstić information content (AvgIpc) is 3.01. The van der Waals surface area contributed by atoms with Crippen molar-refractivity contribution in [3.05, 3.63) is 47.5 Å². The van der Waals surface area contributed by atoms with E-state index in [1.807, 2.05) is 0 Å². The summed E-state index contributed by atoms with van der Waals surface area (Å²) in [6, 6.07) is 8.31. The molecule has 1 heterocycles. The third kappa shape index (κ3) is 4.57. The van der Waals surface area contributed by atoms with Gasteiger partial charge in [-0.3, -0.25) is 4.79 Å². The molecule has 0 spiro atoms. The van der Waals surface area contributed by atoms with Gasteiger partial charge in [0.1, 0.15) is 0 Å². The minimum absolute atomic E-state index is 0. The van der Waals surface area contributed by atoms with Crippen molar-refractivity contribution in [2.24, 2.45) is 0 Å². The quantitative estimate of drug-likeness (QED) is 0.735. The van der Waals surface area contributed by atoms with Crippen molar-refractivity contribution in [3.8, 4) is 11.5 Å². The van der Waals surface area contributed by atoms with Crippen LogP contribution >= 0.6 is 12.4 Å². The number of anilines is 2. The third-order valence-corrected chi connectivity index (χ3v) is 4.11. The molecule has 3 N–H and O–H groups in total. The Morgan fingerprint density at radius 2 is 1.85 bits per heavy atom. The van der Waals surface area contributed by atoms with Crippen LogP contribution in [0.1, 0.15) is 30.4 Å². The van der Waals surface area contributed by atoms with Crippen molar-refractivity contribution in [1.29, 1.82) is 0 Å². The van der Waals surface area contributed by atoms with Crippen molar-refractivity contribution < 1.29 is 27.4 Å². The number of hydrogen-bond acceptors (Lipinski definition) is 4. The molecule has 0 radical (unpaired) electrons. The van der Waals surface area contributed by atoms with Crippen LogP contribution in [0.4, 0.5) is 24.5 Å². The second-order valence-corrected chi connectivity index (χ2v) is 6.03. The van der Waals surface area contributed by atoms with Gasteiger partial charge in [-0.15, -0.1) is 12.4 Å². The number of benzene rings is 2. The topological polar surface area (TPSA) is 73.6 Å². The lowest BCUT2D eigenvalue weighted by Gasteiger charge is -2.18. The number of ether oxygens (including phenoxy) is 2. The van der Waals surface area contributed by atoms with Gasteiger partial charge >= 0.3 is 6.18 Å². The smallest absolute Gasteiger partial charge is 0.416 e. The number of fused-ring (bicyclic) bond motifs is 1. The fourth-order valence-corrected chi connectivity index (χ4v) is 2.84. The van der Waals surface area contributed by atoms with E-state index in [-0.39, 0.29) is 36.9 Å². The Morgan fingerprint density at radius 1 is 1.22 bits per heavy atom. The highest BCUT2D eigenvalue weighted by Crippen LogP contribution is 2.39. The fourth-order valence-electron chi connectivity index (χ4n) is 2.84. The molecule has 3 rings (SSSR count). The zero-order valence-corrected chi connectivity index (χ0v) is 15.1. The summed E-state index contributed by atoms with van der Waals surface area (Å²) in [5, 5.41) is 2.62. The Balaban J connectivity index is 0.00000261. The number of nitrogens with one attached hydrogen (secondary N) is 1. The molecule has 146 valence electrons. The van der Waals surface area contributed by atoms with Crippen molar-refractivity contribution >= 4 is 29.7 Å². The van der Waals surface area contributed by atoms with Crippen molar-refractivity contribution in [2.75, 3.05) is 17.8 Å². The molecule has 0 aliphatic carbocycles. The summed E-state index contributed by atoms with van der Waals surface area (Å²) in [5.74, 6) is -0.138. The van der Waals surface area contributed by atoms with E-state index in [0.717, 1.165) is 6.07 Å². The summed E-state index contributed by atoms with van der Waals surface area (Å²) in [6.45, 7) is 1.64. The predicted molar refractivity (Wildman–Crippen MR) is 97.3 cm³/mol. The molecule has 9 heteroatoms. The molecule has 1 unspecified atom stereocenters. The van der Waals surface area contributed by atoms with Crippen LogP contribution in [0.25, 0.3) is 0 Å².